The summed E-state index contributed by atoms with van der Waals surface area (Å²) in [7, 11) is 0. The Bertz CT molecular complexity index is 457. The summed E-state index contributed by atoms with van der Waals surface area (Å²) in [6, 6.07) is 0. The van der Waals surface area contributed by atoms with E-state index in [0.717, 1.165) is 42.4 Å². The van der Waals surface area contributed by atoms with Gasteiger partial charge >= 0.3 is 0 Å². The molecule has 23 heavy (non-hydrogen) atoms. The van der Waals surface area contributed by atoms with Crippen molar-refractivity contribution in [3.8, 4) is 0 Å². The Morgan fingerprint density at radius 2 is 1.61 bits per heavy atom. The first-order chi connectivity index (χ1) is 10.8. The molecular weight excluding hydrogens is 284 g/mol. The van der Waals surface area contributed by atoms with E-state index >= 15 is 0 Å². The van der Waals surface area contributed by atoms with Gasteiger partial charge in [-0.25, -0.2) is 0 Å². The van der Waals surface area contributed by atoms with Gasteiger partial charge in [-0.3, -0.25) is 0 Å². The zero-order chi connectivity index (χ0) is 16.4. The van der Waals surface area contributed by atoms with Crippen molar-refractivity contribution in [2.75, 3.05) is 0 Å². The second-order valence-corrected chi connectivity index (χ2v) is 10.1. The molecule has 0 aromatic rings. The van der Waals surface area contributed by atoms with E-state index in [1.54, 1.807) is 0 Å². The first-order valence-corrected chi connectivity index (χ1v) is 10.2. The van der Waals surface area contributed by atoms with E-state index in [0.29, 0.717) is 11.3 Å². The molecule has 0 aromatic carbocycles. The van der Waals surface area contributed by atoms with Gasteiger partial charge < -0.3 is 10.2 Å². The van der Waals surface area contributed by atoms with E-state index in [1.165, 1.54) is 44.9 Å². The van der Waals surface area contributed by atoms with Crippen molar-refractivity contribution < 1.29 is 10.2 Å². The molecule has 2 N–H and O–H groups in total. The maximum Gasteiger partial charge on any atom is 0.0622 e. The number of rotatable bonds is 1. The SMILES string of the molecule is CC(O)C1CC[C@H]2[C@@H]3CC[C@H]4C[C@](C)(O)CC[C@@H]4[C@H]3CC[C@]12C. The van der Waals surface area contributed by atoms with Crippen LogP contribution in [0.1, 0.15) is 78.6 Å². The largest absolute Gasteiger partial charge is 0.393 e. The van der Waals surface area contributed by atoms with E-state index in [4.69, 9.17) is 0 Å². The fraction of sp³-hybridized carbons (Fsp3) is 1.00. The Hall–Kier alpha value is -0.0800. The van der Waals surface area contributed by atoms with E-state index < -0.39 is 5.60 Å². The van der Waals surface area contributed by atoms with Crippen molar-refractivity contribution in [2.24, 2.45) is 40.9 Å². The lowest BCUT2D eigenvalue weighted by molar-refractivity contribution is -0.106. The summed E-state index contributed by atoms with van der Waals surface area (Å²) >= 11 is 0. The van der Waals surface area contributed by atoms with Crippen LogP contribution in [0.4, 0.5) is 0 Å². The van der Waals surface area contributed by atoms with Gasteiger partial charge in [0, 0.05) is 0 Å². The molecule has 4 aliphatic carbocycles. The number of aliphatic hydroxyl groups excluding tert-OH is 1. The van der Waals surface area contributed by atoms with Gasteiger partial charge in [0.2, 0.25) is 0 Å². The molecule has 4 rings (SSSR count). The number of hydrogen-bond donors (Lipinski definition) is 2. The van der Waals surface area contributed by atoms with Crippen molar-refractivity contribution in [1.82, 2.24) is 0 Å². The van der Waals surface area contributed by atoms with Crippen LogP contribution in [0.5, 0.6) is 0 Å². The molecule has 0 aromatic heterocycles. The van der Waals surface area contributed by atoms with E-state index in [-0.39, 0.29) is 6.10 Å². The van der Waals surface area contributed by atoms with Crippen LogP contribution in [0.25, 0.3) is 0 Å². The molecule has 0 radical (unpaired) electrons. The summed E-state index contributed by atoms with van der Waals surface area (Å²) in [5.74, 6) is 4.85. The van der Waals surface area contributed by atoms with Crippen LogP contribution < -0.4 is 0 Å². The topological polar surface area (TPSA) is 40.5 Å². The standard InChI is InChI=1S/C21H36O2/c1-13(22)18-6-7-19-17-5-4-14-12-20(2,23)10-8-15(14)16(17)9-11-21(18,19)3/h13-19,22-23H,4-12H2,1-3H3/t13?,14-,15-,16+,17+,18?,19-,20+,21+/m0/s1. The molecule has 4 saturated carbocycles. The van der Waals surface area contributed by atoms with Crippen molar-refractivity contribution in [1.29, 1.82) is 0 Å². The zero-order valence-corrected chi connectivity index (χ0v) is 15.3. The predicted molar refractivity (Wildman–Crippen MR) is 92.9 cm³/mol. The van der Waals surface area contributed by atoms with Crippen LogP contribution in [0.2, 0.25) is 0 Å². The van der Waals surface area contributed by atoms with Gasteiger partial charge in [-0.1, -0.05) is 6.92 Å². The van der Waals surface area contributed by atoms with E-state index in [9.17, 15) is 10.2 Å². The van der Waals surface area contributed by atoms with E-state index in [2.05, 4.69) is 13.8 Å². The second-order valence-electron chi connectivity index (χ2n) is 10.1. The van der Waals surface area contributed by atoms with Gasteiger partial charge in [0.05, 0.1) is 11.7 Å². The smallest absolute Gasteiger partial charge is 0.0622 e. The molecule has 2 unspecified atom stereocenters. The highest BCUT2D eigenvalue weighted by Gasteiger charge is 2.58. The highest BCUT2D eigenvalue weighted by molar-refractivity contribution is 5.07. The summed E-state index contributed by atoms with van der Waals surface area (Å²) < 4.78 is 0. The first kappa shape index (κ1) is 16.4. The monoisotopic (exact) mass is 320 g/mol. The van der Waals surface area contributed by atoms with Crippen LogP contribution in [0.3, 0.4) is 0 Å². The van der Waals surface area contributed by atoms with Crippen molar-refractivity contribution >= 4 is 0 Å². The first-order valence-electron chi connectivity index (χ1n) is 10.2. The summed E-state index contributed by atoms with van der Waals surface area (Å²) in [6.45, 7) is 6.57. The minimum Gasteiger partial charge on any atom is -0.393 e. The van der Waals surface area contributed by atoms with Crippen molar-refractivity contribution in [2.45, 2.75) is 90.3 Å². The molecule has 4 fully saturated rings. The average Bonchev–Trinajstić information content (AvgIpc) is 2.83. The number of hydrogen-bond acceptors (Lipinski definition) is 2. The van der Waals surface area contributed by atoms with Gasteiger partial charge in [-0.2, -0.15) is 0 Å². The van der Waals surface area contributed by atoms with Crippen LogP contribution in [-0.2, 0) is 0 Å². The third kappa shape index (κ3) is 2.51. The minimum absolute atomic E-state index is 0.136. The predicted octanol–water partition coefficient (Wildman–Crippen LogP) is 4.39. The Labute approximate surface area is 142 Å². The van der Waals surface area contributed by atoms with Crippen LogP contribution in [0.15, 0.2) is 0 Å². The van der Waals surface area contributed by atoms with E-state index in [1.807, 2.05) is 6.92 Å². The zero-order valence-electron chi connectivity index (χ0n) is 15.3. The second kappa shape index (κ2) is 5.46. The van der Waals surface area contributed by atoms with Gasteiger partial charge in [-0.15, -0.1) is 0 Å². The maximum atomic E-state index is 10.5. The maximum absolute atomic E-state index is 10.5. The molecule has 132 valence electrons. The number of aliphatic hydroxyl groups is 2. The van der Waals surface area contributed by atoms with Crippen LogP contribution in [-0.4, -0.2) is 21.9 Å². The highest BCUT2D eigenvalue weighted by Crippen LogP contribution is 2.65. The average molecular weight is 321 g/mol. The fourth-order valence-corrected chi connectivity index (χ4v) is 7.91. The molecule has 0 saturated heterocycles. The normalized spacial score (nSPS) is 57.3. The van der Waals surface area contributed by atoms with Gasteiger partial charge in [0.25, 0.3) is 0 Å². The number of fused-ring (bicyclic) bond motifs is 5. The van der Waals surface area contributed by atoms with Gasteiger partial charge in [0.15, 0.2) is 0 Å². The molecule has 0 aliphatic heterocycles. The molecule has 0 amide bonds. The summed E-state index contributed by atoms with van der Waals surface area (Å²) in [4.78, 5) is 0. The lowest BCUT2D eigenvalue weighted by Crippen LogP contribution is -2.51. The van der Waals surface area contributed by atoms with Crippen molar-refractivity contribution in [3.05, 3.63) is 0 Å². The lowest BCUT2D eigenvalue weighted by Gasteiger charge is -2.57. The van der Waals surface area contributed by atoms with Crippen LogP contribution in [0, 0.1) is 40.9 Å². The quantitative estimate of drug-likeness (QED) is 0.752. The van der Waals surface area contributed by atoms with Crippen molar-refractivity contribution in [3.63, 3.8) is 0 Å². The van der Waals surface area contributed by atoms with Gasteiger partial charge in [0.1, 0.15) is 0 Å². The molecule has 0 heterocycles. The molecule has 0 bridgehead atoms. The molecule has 4 aliphatic rings. The van der Waals surface area contributed by atoms with Crippen LogP contribution >= 0.6 is 0 Å². The molecule has 2 heteroatoms. The summed E-state index contributed by atoms with van der Waals surface area (Å²) in [5, 5.41) is 20.7. The Kier molecular flexibility index (Phi) is 3.89. The minimum atomic E-state index is -0.401. The van der Waals surface area contributed by atoms with Gasteiger partial charge in [-0.05, 0) is 113 Å². The third-order valence-corrected chi connectivity index (χ3v) is 8.89. The molecule has 0 spiro atoms. The Morgan fingerprint density at radius 1 is 0.870 bits per heavy atom. The fourth-order valence-electron chi connectivity index (χ4n) is 7.91. The molecule has 9 atom stereocenters. The lowest BCUT2D eigenvalue weighted by atomic mass is 9.49. The highest BCUT2D eigenvalue weighted by atomic mass is 16.3. The Morgan fingerprint density at radius 3 is 2.35 bits per heavy atom. The molecular formula is C21H36O2. The summed E-state index contributed by atoms with van der Waals surface area (Å²) in [6.07, 6.45) is 11.2. The third-order valence-electron chi connectivity index (χ3n) is 8.89. The summed E-state index contributed by atoms with van der Waals surface area (Å²) in [5.41, 5.74) is -0.00963. The molecule has 2 nitrogen and oxygen atoms in total. The Balaban J connectivity index is 1.54.